The molecule has 0 aliphatic carbocycles. The standard InChI is InChI=1S/C16H10BrF2NO/c1-9-3-2-4-12(15(9)17)16(21)13(8-20)11-6-5-10(18)7-14(11)19/h2-7,13H,1H3. The van der Waals surface area contributed by atoms with Crippen molar-refractivity contribution >= 4 is 21.7 Å². The van der Waals surface area contributed by atoms with Crippen LogP contribution in [0.25, 0.3) is 0 Å². The van der Waals surface area contributed by atoms with Gasteiger partial charge in [-0.05, 0) is 34.5 Å². The summed E-state index contributed by atoms with van der Waals surface area (Å²) in [5.41, 5.74) is 1.000. The SMILES string of the molecule is Cc1cccc(C(=O)C(C#N)c2ccc(F)cc2F)c1Br. The predicted octanol–water partition coefficient (Wildman–Crippen LogP) is 4.53. The third kappa shape index (κ3) is 3.01. The minimum absolute atomic E-state index is 0.127. The van der Waals surface area contributed by atoms with E-state index in [0.29, 0.717) is 16.1 Å². The third-order valence-corrected chi connectivity index (χ3v) is 4.17. The van der Waals surface area contributed by atoms with E-state index in [4.69, 9.17) is 0 Å². The Bertz CT molecular complexity index is 752. The predicted molar refractivity (Wildman–Crippen MR) is 77.9 cm³/mol. The molecule has 0 spiro atoms. The van der Waals surface area contributed by atoms with Crippen LogP contribution in [-0.2, 0) is 0 Å². The lowest BCUT2D eigenvalue weighted by molar-refractivity contribution is 0.0976. The molecule has 2 rings (SSSR count). The number of halogens is 3. The van der Waals surface area contributed by atoms with E-state index >= 15 is 0 Å². The minimum Gasteiger partial charge on any atom is -0.292 e. The smallest absolute Gasteiger partial charge is 0.185 e. The summed E-state index contributed by atoms with van der Waals surface area (Å²) in [4.78, 5) is 12.5. The summed E-state index contributed by atoms with van der Waals surface area (Å²) in [5, 5.41) is 9.22. The molecule has 106 valence electrons. The summed E-state index contributed by atoms with van der Waals surface area (Å²) >= 11 is 3.30. The van der Waals surface area contributed by atoms with Crippen molar-refractivity contribution in [2.24, 2.45) is 0 Å². The molecule has 2 nitrogen and oxygen atoms in total. The van der Waals surface area contributed by atoms with Gasteiger partial charge in [-0.15, -0.1) is 0 Å². The van der Waals surface area contributed by atoms with Gasteiger partial charge in [0.25, 0.3) is 0 Å². The van der Waals surface area contributed by atoms with Crippen LogP contribution in [0.1, 0.15) is 27.4 Å². The van der Waals surface area contributed by atoms with Crippen LogP contribution in [0.4, 0.5) is 8.78 Å². The second kappa shape index (κ2) is 6.15. The number of Topliss-reactive ketones (excluding diaryl/α,β-unsaturated/α-hetero) is 1. The second-order valence-corrected chi connectivity index (χ2v) is 5.32. The highest BCUT2D eigenvalue weighted by Gasteiger charge is 2.26. The number of nitrogens with zero attached hydrogens (tertiary/aromatic N) is 1. The molecule has 0 aromatic heterocycles. The highest BCUT2D eigenvalue weighted by Crippen LogP contribution is 2.28. The van der Waals surface area contributed by atoms with Crippen LogP contribution in [0.3, 0.4) is 0 Å². The molecule has 0 radical (unpaired) electrons. The quantitative estimate of drug-likeness (QED) is 0.764. The van der Waals surface area contributed by atoms with Gasteiger partial charge in [-0.2, -0.15) is 5.26 Å². The van der Waals surface area contributed by atoms with E-state index in [9.17, 15) is 18.8 Å². The first-order chi connectivity index (χ1) is 9.95. The average Bonchev–Trinajstić information content (AvgIpc) is 2.44. The largest absolute Gasteiger partial charge is 0.292 e. The Morgan fingerprint density at radius 2 is 2.00 bits per heavy atom. The van der Waals surface area contributed by atoms with Gasteiger partial charge in [0.2, 0.25) is 0 Å². The minimum atomic E-state index is -1.32. The van der Waals surface area contributed by atoms with Crippen LogP contribution in [0.15, 0.2) is 40.9 Å². The maximum absolute atomic E-state index is 13.8. The summed E-state index contributed by atoms with van der Waals surface area (Å²) in [7, 11) is 0. The van der Waals surface area contributed by atoms with Crippen molar-refractivity contribution in [3.8, 4) is 6.07 Å². The van der Waals surface area contributed by atoms with Gasteiger partial charge in [0.1, 0.15) is 17.6 Å². The zero-order chi connectivity index (χ0) is 15.6. The molecule has 0 N–H and O–H groups in total. The Morgan fingerprint density at radius 1 is 1.29 bits per heavy atom. The zero-order valence-electron chi connectivity index (χ0n) is 11.0. The van der Waals surface area contributed by atoms with Crippen molar-refractivity contribution in [1.82, 2.24) is 0 Å². The van der Waals surface area contributed by atoms with E-state index in [1.165, 1.54) is 0 Å². The number of carbonyl (C=O) groups is 1. The molecule has 0 saturated heterocycles. The van der Waals surface area contributed by atoms with Crippen LogP contribution >= 0.6 is 15.9 Å². The average molecular weight is 350 g/mol. The Morgan fingerprint density at radius 3 is 2.62 bits per heavy atom. The van der Waals surface area contributed by atoms with E-state index in [2.05, 4.69) is 15.9 Å². The van der Waals surface area contributed by atoms with Gasteiger partial charge in [0.15, 0.2) is 5.78 Å². The summed E-state index contributed by atoms with van der Waals surface area (Å²) in [6, 6.07) is 9.66. The second-order valence-electron chi connectivity index (χ2n) is 4.53. The van der Waals surface area contributed by atoms with Crippen molar-refractivity contribution in [2.75, 3.05) is 0 Å². The van der Waals surface area contributed by atoms with Crippen molar-refractivity contribution in [3.05, 3.63) is 69.2 Å². The number of ketones is 1. The highest BCUT2D eigenvalue weighted by molar-refractivity contribution is 9.10. The van der Waals surface area contributed by atoms with Crippen molar-refractivity contribution in [1.29, 1.82) is 5.26 Å². The Balaban J connectivity index is 2.49. The highest BCUT2D eigenvalue weighted by atomic mass is 79.9. The molecule has 2 aromatic rings. The van der Waals surface area contributed by atoms with Gasteiger partial charge in [-0.25, -0.2) is 8.78 Å². The van der Waals surface area contributed by atoms with Crippen molar-refractivity contribution in [2.45, 2.75) is 12.8 Å². The third-order valence-electron chi connectivity index (χ3n) is 3.12. The fourth-order valence-electron chi connectivity index (χ4n) is 2.00. The molecular weight excluding hydrogens is 340 g/mol. The first-order valence-corrected chi connectivity index (χ1v) is 6.89. The van der Waals surface area contributed by atoms with Crippen LogP contribution in [-0.4, -0.2) is 5.78 Å². The van der Waals surface area contributed by atoms with E-state index < -0.39 is 23.3 Å². The molecular formula is C16H10BrF2NO. The van der Waals surface area contributed by atoms with Crippen molar-refractivity contribution in [3.63, 3.8) is 0 Å². The number of rotatable bonds is 3. The van der Waals surface area contributed by atoms with E-state index in [-0.39, 0.29) is 5.56 Å². The van der Waals surface area contributed by atoms with Crippen LogP contribution in [0, 0.1) is 29.9 Å². The molecule has 0 fully saturated rings. The Kier molecular flexibility index (Phi) is 4.49. The topological polar surface area (TPSA) is 40.9 Å². The molecule has 0 saturated carbocycles. The van der Waals surface area contributed by atoms with Crippen molar-refractivity contribution < 1.29 is 13.6 Å². The lowest BCUT2D eigenvalue weighted by atomic mass is 9.91. The summed E-state index contributed by atoms with van der Waals surface area (Å²) in [6.07, 6.45) is 0. The molecule has 21 heavy (non-hydrogen) atoms. The summed E-state index contributed by atoms with van der Waals surface area (Å²) in [5.74, 6) is -3.50. The molecule has 1 unspecified atom stereocenters. The Labute approximate surface area is 129 Å². The zero-order valence-corrected chi connectivity index (χ0v) is 12.6. The first kappa shape index (κ1) is 15.3. The number of nitriles is 1. The molecule has 0 bridgehead atoms. The van der Waals surface area contributed by atoms with E-state index in [0.717, 1.165) is 17.7 Å². The monoisotopic (exact) mass is 349 g/mol. The Hall–Kier alpha value is -2.06. The van der Waals surface area contributed by atoms with Gasteiger partial charge in [0.05, 0.1) is 6.07 Å². The summed E-state index contributed by atoms with van der Waals surface area (Å²) in [6.45, 7) is 1.81. The molecule has 2 aromatic carbocycles. The summed E-state index contributed by atoms with van der Waals surface area (Å²) < 4.78 is 27.3. The molecule has 0 amide bonds. The van der Waals surface area contributed by atoms with Gasteiger partial charge < -0.3 is 0 Å². The fraction of sp³-hybridized carbons (Fsp3) is 0.125. The van der Waals surface area contributed by atoms with Gasteiger partial charge in [-0.3, -0.25) is 4.79 Å². The lowest BCUT2D eigenvalue weighted by Crippen LogP contribution is -2.14. The van der Waals surface area contributed by atoms with E-state index in [1.807, 2.05) is 0 Å². The molecule has 5 heteroatoms. The molecule has 0 aliphatic heterocycles. The molecule has 1 atom stereocenters. The number of hydrogen-bond donors (Lipinski definition) is 0. The maximum Gasteiger partial charge on any atom is 0.185 e. The number of aryl methyl sites for hydroxylation is 1. The molecule has 0 aliphatic rings. The van der Waals surface area contributed by atoms with Crippen LogP contribution in [0.2, 0.25) is 0 Å². The normalized spacial score (nSPS) is 11.8. The molecule has 0 heterocycles. The number of carbonyl (C=O) groups excluding carboxylic acids is 1. The van der Waals surface area contributed by atoms with E-state index in [1.54, 1.807) is 31.2 Å². The van der Waals surface area contributed by atoms with Gasteiger partial charge in [-0.1, -0.05) is 24.3 Å². The fourth-order valence-corrected chi connectivity index (χ4v) is 2.46. The van der Waals surface area contributed by atoms with Crippen LogP contribution in [0.5, 0.6) is 0 Å². The van der Waals surface area contributed by atoms with Crippen LogP contribution < -0.4 is 0 Å². The lowest BCUT2D eigenvalue weighted by Gasteiger charge is -2.12. The number of hydrogen-bond acceptors (Lipinski definition) is 2. The van der Waals surface area contributed by atoms with Gasteiger partial charge in [0, 0.05) is 21.7 Å². The number of benzene rings is 2. The van der Waals surface area contributed by atoms with Gasteiger partial charge >= 0.3 is 0 Å². The first-order valence-electron chi connectivity index (χ1n) is 6.09. The maximum atomic E-state index is 13.8.